The Hall–Kier alpha value is -0.830. The number of hydrogen-bond donors (Lipinski definition) is 1. The van der Waals surface area contributed by atoms with Gasteiger partial charge in [0.1, 0.15) is 0 Å². The smallest absolute Gasteiger partial charge is 0.0940 e. The highest BCUT2D eigenvalue weighted by molar-refractivity contribution is 8.13. The molecular formula is C7H8N2S. The van der Waals surface area contributed by atoms with Gasteiger partial charge in [-0.05, 0) is 18.4 Å². The second-order valence-electron chi connectivity index (χ2n) is 1.77. The van der Waals surface area contributed by atoms with Crippen LogP contribution in [-0.4, -0.2) is 16.3 Å². The Morgan fingerprint density at radius 3 is 2.60 bits per heavy atom. The van der Waals surface area contributed by atoms with Crippen LogP contribution in [0.15, 0.2) is 24.5 Å². The Balaban J connectivity index is 2.85. The molecule has 3 heteroatoms. The van der Waals surface area contributed by atoms with Crippen molar-refractivity contribution < 1.29 is 0 Å². The minimum atomic E-state index is 0.586. The van der Waals surface area contributed by atoms with Crippen molar-refractivity contribution in [2.45, 2.75) is 0 Å². The van der Waals surface area contributed by atoms with Crippen LogP contribution in [0.5, 0.6) is 0 Å². The predicted molar refractivity (Wildman–Crippen MR) is 44.6 cm³/mol. The van der Waals surface area contributed by atoms with Gasteiger partial charge < -0.3 is 0 Å². The number of hydrogen-bond acceptors (Lipinski definition) is 3. The van der Waals surface area contributed by atoms with Crippen molar-refractivity contribution in [2.75, 3.05) is 6.26 Å². The van der Waals surface area contributed by atoms with Crippen LogP contribution in [-0.2, 0) is 0 Å². The van der Waals surface area contributed by atoms with E-state index in [0.717, 1.165) is 5.56 Å². The number of aromatic nitrogens is 1. The summed E-state index contributed by atoms with van der Waals surface area (Å²) in [5, 5.41) is 8.00. The molecule has 1 N–H and O–H groups in total. The third-order valence-corrected chi connectivity index (χ3v) is 1.79. The number of thioether (sulfide) groups is 1. The predicted octanol–water partition coefficient (Wildman–Crippen LogP) is 1.77. The highest BCUT2D eigenvalue weighted by Gasteiger charge is 1.95. The van der Waals surface area contributed by atoms with Gasteiger partial charge in [-0.2, -0.15) is 0 Å². The topological polar surface area (TPSA) is 36.7 Å². The van der Waals surface area contributed by atoms with Crippen LogP contribution in [0.4, 0.5) is 0 Å². The van der Waals surface area contributed by atoms with Crippen molar-refractivity contribution >= 4 is 16.8 Å². The Labute approximate surface area is 64.2 Å². The standard InChI is InChI=1S/C7H8N2S/c1-10-7(8)6-2-4-9-5-3-6/h2-5,8H,1H3. The third-order valence-electron chi connectivity index (χ3n) is 1.15. The van der Waals surface area contributed by atoms with E-state index < -0.39 is 0 Å². The minimum Gasteiger partial charge on any atom is -0.293 e. The summed E-state index contributed by atoms with van der Waals surface area (Å²) in [5.41, 5.74) is 0.933. The van der Waals surface area contributed by atoms with Crippen molar-refractivity contribution in [2.24, 2.45) is 0 Å². The SMILES string of the molecule is CSC(=N)c1ccncc1. The lowest BCUT2D eigenvalue weighted by molar-refractivity contribution is 1.32. The van der Waals surface area contributed by atoms with Gasteiger partial charge in [-0.1, -0.05) is 0 Å². The molecule has 0 aliphatic rings. The average molecular weight is 152 g/mol. The molecule has 1 heterocycles. The summed E-state index contributed by atoms with van der Waals surface area (Å²) in [6.45, 7) is 0. The molecule has 0 amide bonds. The summed E-state index contributed by atoms with van der Waals surface area (Å²) < 4.78 is 0. The second kappa shape index (κ2) is 3.37. The summed E-state index contributed by atoms with van der Waals surface area (Å²) in [4.78, 5) is 3.86. The van der Waals surface area contributed by atoms with Crippen molar-refractivity contribution in [3.8, 4) is 0 Å². The van der Waals surface area contributed by atoms with E-state index in [9.17, 15) is 0 Å². The van der Waals surface area contributed by atoms with Crippen molar-refractivity contribution in [3.63, 3.8) is 0 Å². The lowest BCUT2D eigenvalue weighted by Crippen LogP contribution is -1.90. The molecule has 0 aromatic carbocycles. The summed E-state index contributed by atoms with van der Waals surface area (Å²) in [5.74, 6) is 0. The summed E-state index contributed by atoms with van der Waals surface area (Å²) in [7, 11) is 0. The molecular weight excluding hydrogens is 144 g/mol. The molecule has 0 bridgehead atoms. The zero-order valence-electron chi connectivity index (χ0n) is 5.66. The van der Waals surface area contributed by atoms with Gasteiger partial charge in [0.2, 0.25) is 0 Å². The summed E-state index contributed by atoms with van der Waals surface area (Å²) in [6.07, 6.45) is 5.28. The number of nitrogens with one attached hydrogen (secondary N) is 1. The monoisotopic (exact) mass is 152 g/mol. The Bertz CT molecular complexity index is 220. The van der Waals surface area contributed by atoms with Gasteiger partial charge in [0.15, 0.2) is 0 Å². The van der Waals surface area contributed by atoms with Gasteiger partial charge in [-0.15, -0.1) is 11.8 Å². The first kappa shape index (κ1) is 7.28. The first-order chi connectivity index (χ1) is 4.84. The van der Waals surface area contributed by atoms with Crippen LogP contribution in [0.2, 0.25) is 0 Å². The number of nitrogens with zero attached hydrogens (tertiary/aromatic N) is 1. The lowest BCUT2D eigenvalue weighted by Gasteiger charge is -1.96. The summed E-state index contributed by atoms with van der Waals surface area (Å²) in [6, 6.07) is 3.66. The maximum Gasteiger partial charge on any atom is 0.0940 e. The van der Waals surface area contributed by atoms with E-state index in [4.69, 9.17) is 5.41 Å². The van der Waals surface area contributed by atoms with Crippen LogP contribution < -0.4 is 0 Å². The first-order valence-corrected chi connectivity index (χ1v) is 4.10. The van der Waals surface area contributed by atoms with E-state index in [1.54, 1.807) is 12.4 Å². The zero-order valence-corrected chi connectivity index (χ0v) is 6.48. The minimum absolute atomic E-state index is 0.586. The van der Waals surface area contributed by atoms with Crippen LogP contribution in [0.3, 0.4) is 0 Å². The normalized spacial score (nSPS) is 9.30. The molecule has 1 rings (SSSR count). The molecule has 0 atom stereocenters. The van der Waals surface area contributed by atoms with Crippen LogP contribution in [0.25, 0.3) is 0 Å². The van der Waals surface area contributed by atoms with Gasteiger partial charge in [0.25, 0.3) is 0 Å². The van der Waals surface area contributed by atoms with Gasteiger partial charge in [0.05, 0.1) is 5.04 Å². The molecule has 1 aromatic heterocycles. The Morgan fingerprint density at radius 1 is 1.50 bits per heavy atom. The van der Waals surface area contributed by atoms with E-state index in [1.807, 2.05) is 18.4 Å². The fourth-order valence-corrected chi connectivity index (χ4v) is 0.993. The van der Waals surface area contributed by atoms with Gasteiger partial charge in [-0.3, -0.25) is 10.4 Å². The number of pyridine rings is 1. The van der Waals surface area contributed by atoms with Crippen LogP contribution >= 0.6 is 11.8 Å². The third kappa shape index (κ3) is 1.57. The van der Waals surface area contributed by atoms with Crippen molar-refractivity contribution in [1.82, 2.24) is 4.98 Å². The molecule has 0 spiro atoms. The van der Waals surface area contributed by atoms with Crippen molar-refractivity contribution in [3.05, 3.63) is 30.1 Å². The largest absolute Gasteiger partial charge is 0.293 e. The molecule has 0 fully saturated rings. The summed E-state index contributed by atoms with van der Waals surface area (Å²) >= 11 is 1.43. The lowest BCUT2D eigenvalue weighted by atomic mass is 10.3. The van der Waals surface area contributed by atoms with E-state index >= 15 is 0 Å². The van der Waals surface area contributed by atoms with E-state index in [-0.39, 0.29) is 0 Å². The molecule has 0 radical (unpaired) electrons. The maximum absolute atomic E-state index is 7.41. The molecule has 0 aliphatic heterocycles. The van der Waals surface area contributed by atoms with Crippen LogP contribution in [0, 0.1) is 5.41 Å². The zero-order chi connectivity index (χ0) is 7.40. The Kier molecular flexibility index (Phi) is 2.45. The molecule has 0 unspecified atom stereocenters. The van der Waals surface area contributed by atoms with Gasteiger partial charge in [0, 0.05) is 18.0 Å². The van der Waals surface area contributed by atoms with Crippen molar-refractivity contribution in [1.29, 1.82) is 5.41 Å². The quantitative estimate of drug-likeness (QED) is 0.492. The molecule has 2 nitrogen and oxygen atoms in total. The highest BCUT2D eigenvalue weighted by Crippen LogP contribution is 2.06. The first-order valence-electron chi connectivity index (χ1n) is 2.87. The van der Waals surface area contributed by atoms with Crippen LogP contribution in [0.1, 0.15) is 5.56 Å². The fraction of sp³-hybridized carbons (Fsp3) is 0.143. The molecule has 10 heavy (non-hydrogen) atoms. The molecule has 52 valence electrons. The van der Waals surface area contributed by atoms with Gasteiger partial charge in [-0.25, -0.2) is 0 Å². The fourth-order valence-electron chi connectivity index (χ4n) is 0.621. The van der Waals surface area contributed by atoms with E-state index in [2.05, 4.69) is 4.98 Å². The molecule has 0 saturated heterocycles. The number of rotatable bonds is 1. The van der Waals surface area contributed by atoms with Gasteiger partial charge >= 0.3 is 0 Å². The second-order valence-corrected chi connectivity index (χ2v) is 2.59. The average Bonchev–Trinajstić information content (AvgIpc) is 2.05. The maximum atomic E-state index is 7.41. The highest BCUT2D eigenvalue weighted by atomic mass is 32.2. The van der Waals surface area contributed by atoms with E-state index in [1.165, 1.54) is 11.8 Å². The van der Waals surface area contributed by atoms with E-state index in [0.29, 0.717) is 5.04 Å². The molecule has 0 saturated carbocycles. The Morgan fingerprint density at radius 2 is 2.10 bits per heavy atom. The molecule has 0 aliphatic carbocycles. The molecule has 1 aromatic rings.